The third kappa shape index (κ3) is 8.58. The molecule has 5 amide bonds. The van der Waals surface area contributed by atoms with Crippen LogP contribution in [0.1, 0.15) is 90.4 Å². The van der Waals surface area contributed by atoms with E-state index in [1.165, 1.54) is 24.2 Å². The van der Waals surface area contributed by atoms with Crippen molar-refractivity contribution in [3.05, 3.63) is 0 Å². The van der Waals surface area contributed by atoms with Crippen molar-refractivity contribution in [1.82, 2.24) is 25.8 Å². The van der Waals surface area contributed by atoms with Crippen LogP contribution in [0.2, 0.25) is 0 Å². The molecule has 0 bridgehead atoms. The average Bonchev–Trinajstić information content (AvgIpc) is 3.03. The van der Waals surface area contributed by atoms with Crippen LogP contribution in [0, 0.1) is 23.7 Å². The van der Waals surface area contributed by atoms with Crippen LogP contribution >= 0.6 is 0 Å². The SMILES string of the molecule is CC1CCCCC1NC(=O)NC1CCC(CC(=O)NCC2CCC3C(C2)C(=O)N(CCC(=O)O)CC(=O)N3C)CC1. The summed E-state index contributed by atoms with van der Waals surface area (Å²) in [6.45, 7) is 2.65. The normalized spacial score (nSPS) is 32.5. The molecule has 0 aromatic rings. The number of likely N-dealkylation sites (N-methyl/N-ethyl adjacent to an activating group) is 1. The van der Waals surface area contributed by atoms with E-state index >= 15 is 0 Å². The van der Waals surface area contributed by atoms with Crippen molar-refractivity contribution in [1.29, 1.82) is 0 Å². The van der Waals surface area contributed by atoms with Crippen LogP contribution in [-0.2, 0) is 19.2 Å². The summed E-state index contributed by atoms with van der Waals surface area (Å²) < 4.78 is 0. The summed E-state index contributed by atoms with van der Waals surface area (Å²) in [5.41, 5.74) is 0. The second-order valence-electron chi connectivity index (χ2n) is 13.0. The molecule has 4 fully saturated rings. The standard InChI is InChI=1S/C30H49N5O6/c1-19-5-3-4-6-24(19)33-30(41)32-22-10-7-20(8-11-22)16-26(36)31-17-21-9-12-25-23(15-21)29(40)35(14-13-28(38)39)18-27(37)34(25)2/h19-25H,3-18H2,1-2H3,(H,31,36)(H,38,39)(H2,32,33,41). The fraction of sp³-hybridized carbons (Fsp3) is 0.833. The molecule has 11 nitrogen and oxygen atoms in total. The zero-order chi connectivity index (χ0) is 29.5. The summed E-state index contributed by atoms with van der Waals surface area (Å²) >= 11 is 0. The lowest BCUT2D eigenvalue weighted by Crippen LogP contribution is -2.49. The Kier molecular flexibility index (Phi) is 10.9. The van der Waals surface area contributed by atoms with Crippen LogP contribution in [0.4, 0.5) is 4.79 Å². The van der Waals surface area contributed by atoms with Gasteiger partial charge in [0.1, 0.15) is 0 Å². The Hall–Kier alpha value is -2.85. The average molecular weight is 576 g/mol. The van der Waals surface area contributed by atoms with Gasteiger partial charge in [0.25, 0.3) is 0 Å². The number of carboxylic acids is 1. The maximum Gasteiger partial charge on any atom is 0.315 e. The molecule has 1 saturated heterocycles. The zero-order valence-electron chi connectivity index (χ0n) is 24.7. The molecule has 4 N–H and O–H groups in total. The minimum Gasteiger partial charge on any atom is -0.481 e. The molecule has 0 spiro atoms. The van der Waals surface area contributed by atoms with Gasteiger partial charge in [-0.3, -0.25) is 19.2 Å². The number of aliphatic carboxylic acids is 1. The molecule has 5 unspecified atom stereocenters. The number of carbonyl (C=O) groups excluding carboxylic acids is 4. The highest BCUT2D eigenvalue weighted by atomic mass is 16.4. The highest BCUT2D eigenvalue weighted by Crippen LogP contribution is 2.35. The second kappa shape index (κ2) is 14.4. The molecular weight excluding hydrogens is 526 g/mol. The van der Waals surface area contributed by atoms with Crippen molar-refractivity contribution in [2.75, 3.05) is 26.7 Å². The van der Waals surface area contributed by atoms with E-state index in [0.29, 0.717) is 37.6 Å². The summed E-state index contributed by atoms with van der Waals surface area (Å²) in [5.74, 6) is -0.704. The molecule has 0 aromatic carbocycles. The van der Waals surface area contributed by atoms with Gasteiger partial charge in [-0.1, -0.05) is 19.8 Å². The van der Waals surface area contributed by atoms with Crippen molar-refractivity contribution < 1.29 is 29.1 Å². The Labute approximate surface area is 243 Å². The Bertz CT molecular complexity index is 967. The van der Waals surface area contributed by atoms with Crippen molar-refractivity contribution in [2.45, 2.75) is 109 Å². The number of nitrogens with zero attached hydrogens (tertiary/aromatic N) is 2. The number of hydrogen-bond donors (Lipinski definition) is 4. The minimum absolute atomic E-state index is 0.0233. The molecule has 11 heteroatoms. The number of fused-ring (bicyclic) bond motifs is 1. The van der Waals surface area contributed by atoms with Crippen molar-refractivity contribution in [2.24, 2.45) is 23.7 Å². The van der Waals surface area contributed by atoms with E-state index in [0.717, 1.165) is 38.5 Å². The molecule has 230 valence electrons. The van der Waals surface area contributed by atoms with Gasteiger partial charge in [0.05, 0.1) is 18.9 Å². The second-order valence-corrected chi connectivity index (χ2v) is 13.0. The van der Waals surface area contributed by atoms with Crippen molar-refractivity contribution in [3.8, 4) is 0 Å². The molecule has 4 aliphatic rings. The third-order valence-corrected chi connectivity index (χ3v) is 10.0. The first-order valence-corrected chi connectivity index (χ1v) is 15.7. The fourth-order valence-electron chi connectivity index (χ4n) is 7.38. The van der Waals surface area contributed by atoms with Crippen molar-refractivity contribution >= 4 is 29.7 Å². The van der Waals surface area contributed by atoms with Gasteiger partial charge < -0.3 is 30.9 Å². The molecule has 5 atom stereocenters. The van der Waals surface area contributed by atoms with E-state index < -0.39 is 5.97 Å². The smallest absolute Gasteiger partial charge is 0.315 e. The number of carbonyl (C=O) groups is 5. The van der Waals surface area contributed by atoms with Gasteiger partial charge >= 0.3 is 12.0 Å². The first-order chi connectivity index (χ1) is 19.6. The summed E-state index contributed by atoms with van der Waals surface area (Å²) in [7, 11) is 1.73. The van der Waals surface area contributed by atoms with Gasteiger partial charge in [-0.15, -0.1) is 0 Å². The van der Waals surface area contributed by atoms with Crippen LogP contribution in [0.5, 0.6) is 0 Å². The molecule has 1 heterocycles. The number of amides is 5. The van der Waals surface area contributed by atoms with Crippen LogP contribution < -0.4 is 16.0 Å². The monoisotopic (exact) mass is 575 g/mol. The van der Waals surface area contributed by atoms with E-state index in [-0.39, 0.29) is 73.2 Å². The third-order valence-electron chi connectivity index (χ3n) is 10.0. The van der Waals surface area contributed by atoms with Crippen LogP contribution in [0.15, 0.2) is 0 Å². The van der Waals surface area contributed by atoms with E-state index in [2.05, 4.69) is 22.9 Å². The van der Waals surface area contributed by atoms with Gasteiger partial charge in [-0.2, -0.15) is 0 Å². The predicted molar refractivity (Wildman–Crippen MR) is 153 cm³/mol. The zero-order valence-corrected chi connectivity index (χ0v) is 24.7. The Morgan fingerprint density at radius 2 is 1.63 bits per heavy atom. The number of hydrogen-bond acceptors (Lipinski definition) is 5. The van der Waals surface area contributed by atoms with E-state index in [1.54, 1.807) is 11.9 Å². The van der Waals surface area contributed by atoms with E-state index in [4.69, 9.17) is 5.11 Å². The first-order valence-electron chi connectivity index (χ1n) is 15.7. The fourth-order valence-corrected chi connectivity index (χ4v) is 7.38. The quantitative estimate of drug-likeness (QED) is 0.332. The number of urea groups is 1. The summed E-state index contributed by atoms with van der Waals surface area (Å²) in [6, 6.07) is 0.167. The van der Waals surface area contributed by atoms with E-state index in [9.17, 15) is 24.0 Å². The van der Waals surface area contributed by atoms with Crippen LogP contribution in [0.25, 0.3) is 0 Å². The minimum atomic E-state index is -0.997. The molecule has 3 aliphatic carbocycles. The maximum absolute atomic E-state index is 13.3. The highest BCUT2D eigenvalue weighted by molar-refractivity contribution is 5.89. The van der Waals surface area contributed by atoms with E-state index in [1.807, 2.05) is 0 Å². The number of carboxylic acid groups (broad SMARTS) is 1. The lowest BCUT2D eigenvalue weighted by Gasteiger charge is -2.38. The van der Waals surface area contributed by atoms with Crippen LogP contribution in [0.3, 0.4) is 0 Å². The summed E-state index contributed by atoms with van der Waals surface area (Å²) in [5, 5.41) is 18.5. The Balaban J connectivity index is 1.17. The van der Waals surface area contributed by atoms with Crippen LogP contribution in [-0.4, -0.2) is 89.4 Å². The topological polar surface area (TPSA) is 148 Å². The number of rotatable bonds is 9. The van der Waals surface area contributed by atoms with Gasteiger partial charge in [0.2, 0.25) is 17.7 Å². The Morgan fingerprint density at radius 1 is 0.927 bits per heavy atom. The van der Waals surface area contributed by atoms with Gasteiger partial charge in [-0.25, -0.2) is 4.79 Å². The van der Waals surface area contributed by atoms with Gasteiger partial charge in [0, 0.05) is 44.7 Å². The predicted octanol–water partition coefficient (Wildman–Crippen LogP) is 2.49. The summed E-state index contributed by atoms with van der Waals surface area (Å²) in [6.07, 6.45) is 10.6. The summed E-state index contributed by atoms with van der Waals surface area (Å²) in [4.78, 5) is 65.3. The first kappa shape index (κ1) is 31.1. The molecule has 1 aliphatic heterocycles. The molecule has 0 aromatic heterocycles. The lowest BCUT2D eigenvalue weighted by atomic mass is 9.76. The maximum atomic E-state index is 13.3. The molecule has 3 saturated carbocycles. The highest BCUT2D eigenvalue weighted by Gasteiger charge is 2.43. The Morgan fingerprint density at radius 3 is 2.34 bits per heavy atom. The van der Waals surface area contributed by atoms with Gasteiger partial charge in [0.15, 0.2) is 0 Å². The molecule has 0 radical (unpaired) electrons. The molecule has 41 heavy (non-hydrogen) atoms. The largest absolute Gasteiger partial charge is 0.481 e. The van der Waals surface area contributed by atoms with Gasteiger partial charge in [-0.05, 0) is 75.5 Å². The lowest BCUT2D eigenvalue weighted by molar-refractivity contribution is -0.141. The molecule has 4 rings (SSSR count). The van der Waals surface area contributed by atoms with Crippen molar-refractivity contribution in [3.63, 3.8) is 0 Å². The number of nitrogens with one attached hydrogen (secondary N) is 3. The molecular formula is C30H49N5O6.